The Morgan fingerprint density at radius 1 is 1.47 bits per heavy atom. The Labute approximate surface area is 112 Å². The van der Waals surface area contributed by atoms with Crippen molar-refractivity contribution in [3.63, 3.8) is 0 Å². The molecule has 1 N–H and O–H groups in total. The minimum atomic E-state index is 0.829. The van der Waals surface area contributed by atoms with Crippen LogP contribution in [0.2, 0.25) is 0 Å². The van der Waals surface area contributed by atoms with Crippen LogP contribution in [0.1, 0.15) is 44.8 Å². The third kappa shape index (κ3) is 4.14. The zero-order chi connectivity index (χ0) is 12.1. The van der Waals surface area contributed by atoms with Crippen LogP contribution in [0, 0.1) is 11.8 Å². The van der Waals surface area contributed by atoms with Crippen LogP contribution >= 0.6 is 15.9 Å². The van der Waals surface area contributed by atoms with Crippen LogP contribution < -0.4 is 5.32 Å². The van der Waals surface area contributed by atoms with Gasteiger partial charge in [-0.3, -0.25) is 0 Å². The Morgan fingerprint density at radius 2 is 2.35 bits per heavy atom. The molecule has 1 fully saturated rings. The van der Waals surface area contributed by atoms with Gasteiger partial charge in [0.25, 0.3) is 0 Å². The van der Waals surface area contributed by atoms with Crippen molar-refractivity contribution in [2.24, 2.45) is 11.8 Å². The van der Waals surface area contributed by atoms with Gasteiger partial charge in [0.1, 0.15) is 5.76 Å². The largest absolute Gasteiger partial charge is 0.467 e. The average molecular weight is 300 g/mol. The first-order valence-corrected chi connectivity index (χ1v) is 7.47. The molecule has 1 aromatic heterocycles. The van der Waals surface area contributed by atoms with Gasteiger partial charge < -0.3 is 9.73 Å². The monoisotopic (exact) mass is 299 g/mol. The topological polar surface area (TPSA) is 25.2 Å². The van der Waals surface area contributed by atoms with Crippen LogP contribution in [0.15, 0.2) is 21.2 Å². The highest BCUT2D eigenvalue weighted by atomic mass is 79.9. The molecule has 1 aliphatic carbocycles. The zero-order valence-corrected chi connectivity index (χ0v) is 12.1. The molecule has 0 radical (unpaired) electrons. The molecule has 2 nitrogen and oxygen atoms in total. The molecule has 2 unspecified atom stereocenters. The maximum Gasteiger partial charge on any atom is 0.131 e. The fraction of sp³-hybridized carbons (Fsp3) is 0.714. The van der Waals surface area contributed by atoms with E-state index in [0.29, 0.717) is 0 Å². The number of furan rings is 1. The van der Waals surface area contributed by atoms with Gasteiger partial charge >= 0.3 is 0 Å². The van der Waals surface area contributed by atoms with E-state index < -0.39 is 0 Å². The molecule has 2 atom stereocenters. The van der Waals surface area contributed by atoms with E-state index in [1.807, 2.05) is 6.07 Å². The van der Waals surface area contributed by atoms with E-state index in [0.717, 1.165) is 35.2 Å². The van der Waals surface area contributed by atoms with E-state index in [4.69, 9.17) is 4.42 Å². The van der Waals surface area contributed by atoms with E-state index >= 15 is 0 Å². The van der Waals surface area contributed by atoms with Crippen molar-refractivity contribution in [2.45, 2.75) is 45.6 Å². The number of rotatable bonds is 5. The Hall–Kier alpha value is -0.280. The van der Waals surface area contributed by atoms with Gasteiger partial charge in [0, 0.05) is 0 Å². The molecule has 3 heteroatoms. The highest BCUT2D eigenvalue weighted by Gasteiger charge is 2.18. The summed E-state index contributed by atoms with van der Waals surface area (Å²) in [5.74, 6) is 2.88. The molecule has 0 spiro atoms. The standard InChI is InChI=1S/C14H22BrNO/c1-11-3-2-4-12(9-11)5-7-16-10-14-13(15)6-8-17-14/h6,8,11-12,16H,2-5,7,9-10H2,1H3. The van der Waals surface area contributed by atoms with Gasteiger partial charge in [0.15, 0.2) is 0 Å². The van der Waals surface area contributed by atoms with Crippen molar-refractivity contribution >= 4 is 15.9 Å². The third-order valence-corrected chi connectivity index (χ3v) is 4.46. The van der Waals surface area contributed by atoms with Gasteiger partial charge in [-0.25, -0.2) is 0 Å². The molecule has 0 saturated heterocycles. The Balaban J connectivity index is 1.61. The summed E-state index contributed by atoms with van der Waals surface area (Å²) in [5, 5.41) is 3.47. The lowest BCUT2D eigenvalue weighted by atomic mass is 9.81. The molecule has 1 aliphatic rings. The molecule has 1 heterocycles. The normalized spacial score (nSPS) is 25.1. The lowest BCUT2D eigenvalue weighted by molar-refractivity contribution is 0.267. The quantitative estimate of drug-likeness (QED) is 0.818. The Kier molecular flexibility index (Phi) is 5.11. The van der Waals surface area contributed by atoms with Crippen molar-refractivity contribution in [3.05, 3.63) is 22.6 Å². The molecular weight excluding hydrogens is 278 g/mol. The van der Waals surface area contributed by atoms with E-state index in [9.17, 15) is 0 Å². The van der Waals surface area contributed by atoms with Gasteiger partial charge in [-0.2, -0.15) is 0 Å². The van der Waals surface area contributed by atoms with Gasteiger partial charge in [-0.15, -0.1) is 0 Å². The SMILES string of the molecule is CC1CCCC(CCNCc2occc2Br)C1. The second kappa shape index (κ2) is 6.60. The maximum atomic E-state index is 5.36. The van der Waals surface area contributed by atoms with Crippen LogP contribution in [-0.2, 0) is 6.54 Å². The first kappa shape index (κ1) is 13.2. The van der Waals surface area contributed by atoms with Gasteiger partial charge in [0.05, 0.1) is 17.3 Å². The van der Waals surface area contributed by atoms with E-state index in [1.54, 1.807) is 6.26 Å². The highest BCUT2D eigenvalue weighted by molar-refractivity contribution is 9.10. The zero-order valence-electron chi connectivity index (χ0n) is 10.5. The summed E-state index contributed by atoms with van der Waals surface area (Å²) in [5.41, 5.74) is 0. The summed E-state index contributed by atoms with van der Waals surface area (Å²) in [4.78, 5) is 0. The lowest BCUT2D eigenvalue weighted by Crippen LogP contribution is -2.21. The van der Waals surface area contributed by atoms with E-state index in [1.165, 1.54) is 32.1 Å². The van der Waals surface area contributed by atoms with Crippen LogP contribution in [0.5, 0.6) is 0 Å². The molecule has 1 aromatic rings. The number of halogens is 1. The lowest BCUT2D eigenvalue weighted by Gasteiger charge is -2.26. The molecule has 2 rings (SSSR count). The summed E-state index contributed by atoms with van der Waals surface area (Å²) in [6.45, 7) is 4.32. The van der Waals surface area contributed by atoms with Crippen molar-refractivity contribution in [2.75, 3.05) is 6.54 Å². The maximum absolute atomic E-state index is 5.36. The number of nitrogens with one attached hydrogen (secondary N) is 1. The van der Waals surface area contributed by atoms with Gasteiger partial charge in [-0.1, -0.05) is 26.2 Å². The Bertz CT molecular complexity index is 337. The van der Waals surface area contributed by atoms with Crippen molar-refractivity contribution < 1.29 is 4.42 Å². The molecular formula is C14H22BrNO. The Morgan fingerprint density at radius 3 is 3.06 bits per heavy atom. The molecule has 17 heavy (non-hydrogen) atoms. The summed E-state index contributed by atoms with van der Waals surface area (Å²) in [6, 6.07) is 1.94. The van der Waals surface area contributed by atoms with Crippen molar-refractivity contribution in [1.82, 2.24) is 5.32 Å². The second-order valence-corrected chi connectivity index (χ2v) is 6.15. The van der Waals surface area contributed by atoms with E-state index in [2.05, 4.69) is 28.2 Å². The van der Waals surface area contributed by atoms with Crippen molar-refractivity contribution in [1.29, 1.82) is 0 Å². The first-order chi connectivity index (χ1) is 8.25. The van der Waals surface area contributed by atoms with Crippen LogP contribution in [-0.4, -0.2) is 6.54 Å². The second-order valence-electron chi connectivity index (χ2n) is 5.29. The number of hydrogen-bond acceptors (Lipinski definition) is 2. The molecule has 0 amide bonds. The average Bonchev–Trinajstić information content (AvgIpc) is 2.71. The molecule has 0 aromatic carbocycles. The first-order valence-electron chi connectivity index (χ1n) is 6.68. The van der Waals surface area contributed by atoms with Gasteiger partial charge in [-0.05, 0) is 53.2 Å². The predicted octanol–water partition coefficient (Wildman–Crippen LogP) is 4.35. The van der Waals surface area contributed by atoms with Crippen LogP contribution in [0.3, 0.4) is 0 Å². The third-order valence-electron chi connectivity index (χ3n) is 3.75. The van der Waals surface area contributed by atoms with Crippen LogP contribution in [0.25, 0.3) is 0 Å². The summed E-state index contributed by atoms with van der Waals surface area (Å²) < 4.78 is 6.43. The van der Waals surface area contributed by atoms with Crippen LogP contribution in [0.4, 0.5) is 0 Å². The minimum Gasteiger partial charge on any atom is -0.467 e. The molecule has 96 valence electrons. The molecule has 0 bridgehead atoms. The summed E-state index contributed by atoms with van der Waals surface area (Å²) in [6.07, 6.45) is 8.74. The fourth-order valence-corrected chi connectivity index (χ4v) is 3.12. The molecule has 1 saturated carbocycles. The summed E-state index contributed by atoms with van der Waals surface area (Å²) in [7, 11) is 0. The predicted molar refractivity (Wildman–Crippen MR) is 73.9 cm³/mol. The fourth-order valence-electron chi connectivity index (χ4n) is 2.78. The van der Waals surface area contributed by atoms with E-state index in [-0.39, 0.29) is 0 Å². The van der Waals surface area contributed by atoms with Crippen molar-refractivity contribution in [3.8, 4) is 0 Å². The minimum absolute atomic E-state index is 0.829. The highest BCUT2D eigenvalue weighted by Crippen LogP contribution is 2.30. The number of hydrogen-bond donors (Lipinski definition) is 1. The molecule has 0 aliphatic heterocycles. The van der Waals surface area contributed by atoms with Gasteiger partial charge in [0.2, 0.25) is 0 Å². The smallest absolute Gasteiger partial charge is 0.131 e. The summed E-state index contributed by atoms with van der Waals surface area (Å²) >= 11 is 3.47.